The summed E-state index contributed by atoms with van der Waals surface area (Å²) in [7, 11) is 0. The lowest BCUT2D eigenvalue weighted by molar-refractivity contribution is -0.240. The maximum absolute atomic E-state index is 13.9. The normalized spacial score (nSPS) is 32.6. The van der Waals surface area contributed by atoms with Crippen LogP contribution in [0, 0.1) is 35.5 Å². The molecule has 3 saturated heterocycles. The molecule has 284 valence electrons. The van der Waals surface area contributed by atoms with Crippen LogP contribution in [0.1, 0.15) is 128 Å². The van der Waals surface area contributed by atoms with Gasteiger partial charge in [0.15, 0.2) is 5.92 Å². The minimum Gasteiger partial charge on any atom is -0.462 e. The Morgan fingerprint density at radius 1 is 0.571 bits per heavy atom. The van der Waals surface area contributed by atoms with Crippen LogP contribution in [-0.2, 0) is 28.6 Å². The second-order valence-corrected chi connectivity index (χ2v) is 17.3. The van der Waals surface area contributed by atoms with E-state index in [1.165, 1.54) is 15.2 Å². The third-order valence-electron chi connectivity index (χ3n) is 11.2. The molecular formula is C37H67N3O9. The Kier molecular flexibility index (Phi) is 14.5. The topological polar surface area (TPSA) is 149 Å². The van der Waals surface area contributed by atoms with Gasteiger partial charge in [0.2, 0.25) is 0 Å². The maximum atomic E-state index is 13.9. The van der Waals surface area contributed by atoms with Gasteiger partial charge in [-0.25, -0.2) is 0 Å². The van der Waals surface area contributed by atoms with Crippen LogP contribution in [0.4, 0.5) is 0 Å². The van der Waals surface area contributed by atoms with Gasteiger partial charge < -0.3 is 29.8 Å². The zero-order valence-corrected chi connectivity index (χ0v) is 32.2. The predicted octanol–water partition coefficient (Wildman–Crippen LogP) is 6.08. The Balaban J connectivity index is 1.84. The molecule has 0 aromatic heterocycles. The van der Waals surface area contributed by atoms with Gasteiger partial charge in [-0.1, -0.05) is 69.2 Å². The van der Waals surface area contributed by atoms with Gasteiger partial charge in [-0.2, -0.15) is 15.2 Å². The number of esters is 3. The first-order valence-electron chi connectivity index (χ1n) is 18.7. The molecule has 0 aromatic rings. The fourth-order valence-corrected chi connectivity index (χ4v) is 8.05. The highest BCUT2D eigenvalue weighted by molar-refractivity contribution is 5.98. The molecule has 3 rings (SSSR count). The average molecular weight is 698 g/mol. The molecule has 12 nitrogen and oxygen atoms in total. The number of piperidine rings is 3. The number of carbonyl (C=O) groups excluding carboxylic acids is 3. The van der Waals surface area contributed by atoms with Crippen molar-refractivity contribution in [3.05, 3.63) is 0 Å². The van der Waals surface area contributed by atoms with Crippen molar-refractivity contribution in [2.24, 2.45) is 35.5 Å². The van der Waals surface area contributed by atoms with Crippen LogP contribution in [0.5, 0.6) is 0 Å². The lowest BCUT2D eigenvalue weighted by atomic mass is 9.82. The van der Waals surface area contributed by atoms with E-state index >= 15 is 0 Å². The SMILES string of the molecule is CC(C)C1CC(OC(=O)CC(C(=O)OC2CC(C(C)C)N(O)C(C(C)C)C2)C(=O)OC2CC(C(C)C)N(O)C(C)(C)C2)CC(C(C)C)N1O. The number of rotatable bonds is 12. The summed E-state index contributed by atoms with van der Waals surface area (Å²) in [5.74, 6) is -3.43. The van der Waals surface area contributed by atoms with Crippen molar-refractivity contribution >= 4 is 17.9 Å². The van der Waals surface area contributed by atoms with E-state index in [0.717, 1.165) is 0 Å². The van der Waals surface area contributed by atoms with Gasteiger partial charge in [0.25, 0.3) is 0 Å². The average Bonchev–Trinajstić information content (AvgIpc) is 2.98. The van der Waals surface area contributed by atoms with E-state index in [1.807, 2.05) is 83.1 Å². The molecule has 7 unspecified atom stereocenters. The quantitative estimate of drug-likeness (QED) is 0.123. The number of hydroxylamine groups is 6. The summed E-state index contributed by atoms with van der Waals surface area (Å²) in [4.78, 5) is 41.4. The fraction of sp³-hybridized carbons (Fsp3) is 0.919. The lowest BCUT2D eigenvalue weighted by Crippen LogP contribution is -2.57. The summed E-state index contributed by atoms with van der Waals surface area (Å²) >= 11 is 0. The second kappa shape index (κ2) is 17.1. The van der Waals surface area contributed by atoms with Crippen molar-refractivity contribution in [1.82, 2.24) is 15.2 Å². The van der Waals surface area contributed by atoms with Gasteiger partial charge in [0, 0.05) is 74.3 Å². The lowest BCUT2D eigenvalue weighted by Gasteiger charge is -2.47. The Hall–Kier alpha value is -1.83. The summed E-state index contributed by atoms with van der Waals surface area (Å²) in [6.45, 7) is 23.8. The summed E-state index contributed by atoms with van der Waals surface area (Å²) in [6, 6.07) is -1.16. The minimum absolute atomic E-state index is 0.0800. The number of nitrogens with zero attached hydrogens (tertiary/aromatic N) is 3. The first-order valence-corrected chi connectivity index (χ1v) is 18.7. The third kappa shape index (κ3) is 10.4. The zero-order valence-electron chi connectivity index (χ0n) is 32.2. The van der Waals surface area contributed by atoms with E-state index in [-0.39, 0.29) is 59.8 Å². The van der Waals surface area contributed by atoms with Crippen molar-refractivity contribution in [3.8, 4) is 0 Å². The van der Waals surface area contributed by atoms with E-state index in [2.05, 4.69) is 0 Å². The van der Waals surface area contributed by atoms with Crippen LogP contribution in [0.3, 0.4) is 0 Å². The first kappa shape index (κ1) is 41.6. The molecule has 3 N–H and O–H groups in total. The monoisotopic (exact) mass is 697 g/mol. The molecule has 7 atom stereocenters. The molecular weight excluding hydrogens is 630 g/mol. The molecule has 0 amide bonds. The molecule has 12 heteroatoms. The van der Waals surface area contributed by atoms with Crippen LogP contribution in [-0.4, -0.2) is 103 Å². The van der Waals surface area contributed by atoms with Gasteiger partial charge in [-0.3, -0.25) is 14.4 Å². The van der Waals surface area contributed by atoms with Gasteiger partial charge in [-0.05, 0) is 43.4 Å². The number of hydrogen-bond donors (Lipinski definition) is 3. The first-order chi connectivity index (χ1) is 22.6. The smallest absolute Gasteiger partial charge is 0.321 e. The maximum Gasteiger partial charge on any atom is 0.321 e. The molecule has 0 bridgehead atoms. The molecule has 0 saturated carbocycles. The summed E-state index contributed by atoms with van der Waals surface area (Å²) in [5, 5.41) is 36.8. The molecule has 3 fully saturated rings. The van der Waals surface area contributed by atoms with Crippen molar-refractivity contribution in [2.75, 3.05) is 0 Å². The highest BCUT2D eigenvalue weighted by Crippen LogP contribution is 2.37. The molecule has 49 heavy (non-hydrogen) atoms. The van der Waals surface area contributed by atoms with Gasteiger partial charge >= 0.3 is 17.9 Å². The van der Waals surface area contributed by atoms with Gasteiger partial charge in [0.1, 0.15) is 18.3 Å². The molecule has 0 aliphatic carbocycles. The Labute approximate surface area is 294 Å². The fourth-order valence-electron chi connectivity index (χ4n) is 8.05. The zero-order chi connectivity index (χ0) is 37.1. The molecule has 0 aromatic carbocycles. The van der Waals surface area contributed by atoms with Crippen LogP contribution >= 0.6 is 0 Å². The molecule has 3 heterocycles. The predicted molar refractivity (Wildman–Crippen MR) is 184 cm³/mol. The summed E-state index contributed by atoms with van der Waals surface area (Å²) in [5.41, 5.74) is -0.676. The molecule has 0 radical (unpaired) electrons. The molecule has 3 aliphatic heterocycles. The highest BCUT2D eigenvalue weighted by atomic mass is 16.6. The van der Waals surface area contributed by atoms with E-state index in [1.54, 1.807) is 0 Å². The van der Waals surface area contributed by atoms with Crippen molar-refractivity contribution in [1.29, 1.82) is 0 Å². The van der Waals surface area contributed by atoms with Crippen LogP contribution < -0.4 is 0 Å². The minimum atomic E-state index is -1.54. The summed E-state index contributed by atoms with van der Waals surface area (Å²) in [6.07, 6.45) is 0.206. The van der Waals surface area contributed by atoms with Gasteiger partial charge in [-0.15, -0.1) is 0 Å². The highest BCUT2D eigenvalue weighted by Gasteiger charge is 2.46. The number of carbonyl (C=O) groups is 3. The standard InChI is InChI=1S/C37H67N3O9/c1-20(2)29-13-25(14-30(21(3)4)38(29)44)47-34(41)18-28(36(43)49-27-17-33(24(9)10)40(46)37(11,12)19-27)35(42)48-26-15-31(22(5)6)39(45)32(16-26)23(7)8/h20-33,44-46H,13-19H2,1-12H3. The largest absolute Gasteiger partial charge is 0.462 e. The molecule has 3 aliphatic rings. The number of hydrogen-bond acceptors (Lipinski definition) is 12. The van der Waals surface area contributed by atoms with Crippen molar-refractivity contribution < 1.29 is 44.2 Å². The summed E-state index contributed by atoms with van der Waals surface area (Å²) < 4.78 is 18.0. The van der Waals surface area contributed by atoms with Crippen LogP contribution in [0.2, 0.25) is 0 Å². The Morgan fingerprint density at radius 2 is 0.898 bits per heavy atom. The van der Waals surface area contributed by atoms with E-state index in [9.17, 15) is 30.0 Å². The van der Waals surface area contributed by atoms with Crippen molar-refractivity contribution in [3.63, 3.8) is 0 Å². The number of ether oxygens (including phenoxy) is 3. The van der Waals surface area contributed by atoms with Crippen LogP contribution in [0.15, 0.2) is 0 Å². The van der Waals surface area contributed by atoms with E-state index in [0.29, 0.717) is 38.5 Å². The van der Waals surface area contributed by atoms with Gasteiger partial charge in [0.05, 0.1) is 6.42 Å². The Bertz CT molecular complexity index is 1080. The van der Waals surface area contributed by atoms with Crippen molar-refractivity contribution in [2.45, 2.75) is 182 Å². The third-order valence-corrected chi connectivity index (χ3v) is 11.2. The Morgan fingerprint density at radius 3 is 1.27 bits per heavy atom. The molecule has 0 spiro atoms. The second-order valence-electron chi connectivity index (χ2n) is 17.3. The van der Waals surface area contributed by atoms with Crippen LogP contribution in [0.25, 0.3) is 0 Å². The van der Waals surface area contributed by atoms with E-state index in [4.69, 9.17) is 14.2 Å². The van der Waals surface area contributed by atoms with E-state index < -0.39 is 54.1 Å².